The highest BCUT2D eigenvalue weighted by Crippen LogP contribution is 2.17. The van der Waals surface area contributed by atoms with Crippen LogP contribution in [-0.4, -0.2) is 28.9 Å². The van der Waals surface area contributed by atoms with Crippen molar-refractivity contribution in [3.8, 4) is 0 Å². The van der Waals surface area contributed by atoms with Gasteiger partial charge >= 0.3 is 0 Å². The van der Waals surface area contributed by atoms with Crippen LogP contribution in [0, 0.1) is 0 Å². The fourth-order valence-electron chi connectivity index (χ4n) is 2.06. The third-order valence-corrected chi connectivity index (χ3v) is 3.31. The zero-order chi connectivity index (χ0) is 13.0. The minimum atomic E-state index is 0.238. The molecule has 1 aromatic carbocycles. The minimum Gasteiger partial charge on any atom is -0.302 e. The number of nitrogens with zero attached hydrogens (tertiary/aromatic N) is 2. The minimum absolute atomic E-state index is 0.238. The van der Waals surface area contributed by atoms with Crippen molar-refractivity contribution in [3.63, 3.8) is 0 Å². The molecule has 0 radical (unpaired) electrons. The van der Waals surface area contributed by atoms with Gasteiger partial charge in [-0.2, -0.15) is 0 Å². The average Bonchev–Trinajstić information content (AvgIpc) is 2.37. The van der Waals surface area contributed by atoms with E-state index in [1.807, 2.05) is 19.2 Å². The summed E-state index contributed by atoms with van der Waals surface area (Å²) in [5.74, 6) is 0. The smallest absolute Gasteiger partial charge is 0.0705 e. The van der Waals surface area contributed by atoms with E-state index in [4.69, 9.17) is 11.6 Å². The predicted octanol–water partition coefficient (Wildman–Crippen LogP) is 3.68. The van der Waals surface area contributed by atoms with Crippen molar-refractivity contribution in [2.45, 2.75) is 25.3 Å². The molecule has 0 aliphatic rings. The maximum absolute atomic E-state index is 5.98. The number of pyridine rings is 1. The van der Waals surface area contributed by atoms with Crippen LogP contribution in [-0.2, 0) is 6.54 Å². The van der Waals surface area contributed by atoms with Crippen molar-refractivity contribution < 1.29 is 0 Å². The lowest BCUT2D eigenvalue weighted by atomic mass is 10.1. The Kier molecular flexibility index (Phi) is 4.56. The highest BCUT2D eigenvalue weighted by molar-refractivity contribution is 6.20. The summed E-state index contributed by atoms with van der Waals surface area (Å²) in [4.78, 5) is 6.69. The molecule has 0 N–H and O–H groups in total. The monoisotopic (exact) mass is 262 g/mol. The van der Waals surface area contributed by atoms with E-state index in [-0.39, 0.29) is 5.38 Å². The zero-order valence-corrected chi connectivity index (χ0v) is 11.7. The van der Waals surface area contributed by atoms with Gasteiger partial charge in [0.15, 0.2) is 0 Å². The number of halogens is 1. The Bertz CT molecular complexity index is 505. The second-order valence-electron chi connectivity index (χ2n) is 4.79. The van der Waals surface area contributed by atoms with Crippen LogP contribution >= 0.6 is 11.6 Å². The molecule has 1 heterocycles. The molecule has 1 aromatic heterocycles. The number of aromatic nitrogens is 1. The van der Waals surface area contributed by atoms with Gasteiger partial charge in [0.2, 0.25) is 0 Å². The molecule has 0 saturated heterocycles. The van der Waals surface area contributed by atoms with Crippen LogP contribution in [0.3, 0.4) is 0 Å². The van der Waals surface area contributed by atoms with E-state index in [1.165, 1.54) is 10.9 Å². The van der Waals surface area contributed by atoms with E-state index < -0.39 is 0 Å². The number of hydrogen-bond donors (Lipinski definition) is 0. The van der Waals surface area contributed by atoms with Gasteiger partial charge in [0.05, 0.1) is 5.52 Å². The van der Waals surface area contributed by atoms with Crippen LogP contribution in [0.4, 0.5) is 0 Å². The number of hydrogen-bond acceptors (Lipinski definition) is 2. The van der Waals surface area contributed by atoms with Crippen LogP contribution in [0.1, 0.15) is 18.9 Å². The van der Waals surface area contributed by atoms with Gasteiger partial charge in [-0.05, 0) is 44.6 Å². The molecular weight excluding hydrogens is 244 g/mol. The van der Waals surface area contributed by atoms with Crippen molar-refractivity contribution in [2.75, 3.05) is 13.6 Å². The highest BCUT2D eigenvalue weighted by atomic mass is 35.5. The molecule has 0 spiro atoms. The number of para-hydroxylation sites is 1. The molecule has 0 aliphatic heterocycles. The molecule has 0 saturated carbocycles. The Morgan fingerprint density at radius 1 is 1.28 bits per heavy atom. The third kappa shape index (κ3) is 3.44. The lowest BCUT2D eigenvalue weighted by molar-refractivity contribution is 0.323. The first kappa shape index (κ1) is 13.3. The van der Waals surface area contributed by atoms with E-state index in [2.05, 4.69) is 41.2 Å². The number of fused-ring (bicyclic) bond motifs is 1. The van der Waals surface area contributed by atoms with E-state index in [1.54, 1.807) is 0 Å². The molecule has 0 amide bonds. The Balaban J connectivity index is 2.11. The molecule has 1 atom stereocenters. The maximum Gasteiger partial charge on any atom is 0.0705 e. The standard InChI is InChI=1S/C15H19ClN2/c1-12(16)8-10-18(2)11-13-7-9-17-15-6-4-3-5-14(13)15/h3-7,9,12H,8,10-11H2,1-2H3. The molecule has 3 heteroatoms. The van der Waals surface area contributed by atoms with Crippen LogP contribution in [0.15, 0.2) is 36.5 Å². The first-order valence-corrected chi connectivity index (χ1v) is 6.75. The second kappa shape index (κ2) is 6.17. The van der Waals surface area contributed by atoms with Gasteiger partial charge in [0.1, 0.15) is 0 Å². The van der Waals surface area contributed by atoms with Crippen LogP contribution in [0.5, 0.6) is 0 Å². The molecular formula is C15H19ClN2. The van der Waals surface area contributed by atoms with Crippen LogP contribution < -0.4 is 0 Å². The molecule has 96 valence electrons. The van der Waals surface area contributed by atoms with Crippen molar-refractivity contribution in [1.82, 2.24) is 9.88 Å². The van der Waals surface area contributed by atoms with Gasteiger partial charge < -0.3 is 4.90 Å². The van der Waals surface area contributed by atoms with Gasteiger partial charge in [0, 0.05) is 23.5 Å². The Morgan fingerprint density at radius 2 is 2.06 bits per heavy atom. The summed E-state index contributed by atoms with van der Waals surface area (Å²) in [7, 11) is 2.13. The highest BCUT2D eigenvalue weighted by Gasteiger charge is 2.06. The quantitative estimate of drug-likeness (QED) is 0.764. The van der Waals surface area contributed by atoms with Gasteiger partial charge in [-0.3, -0.25) is 4.98 Å². The lowest BCUT2D eigenvalue weighted by Gasteiger charge is -2.18. The van der Waals surface area contributed by atoms with Crippen LogP contribution in [0.2, 0.25) is 0 Å². The number of benzene rings is 1. The summed E-state index contributed by atoms with van der Waals surface area (Å²) < 4.78 is 0. The predicted molar refractivity (Wildman–Crippen MR) is 78.0 cm³/mol. The van der Waals surface area contributed by atoms with Crippen LogP contribution in [0.25, 0.3) is 10.9 Å². The van der Waals surface area contributed by atoms with E-state index >= 15 is 0 Å². The first-order valence-electron chi connectivity index (χ1n) is 6.32. The van der Waals surface area contributed by atoms with E-state index in [0.29, 0.717) is 0 Å². The summed E-state index contributed by atoms with van der Waals surface area (Å²) >= 11 is 5.98. The second-order valence-corrected chi connectivity index (χ2v) is 5.54. The summed E-state index contributed by atoms with van der Waals surface area (Å²) in [6, 6.07) is 10.4. The molecule has 2 aromatic rings. The Labute approximate surface area is 114 Å². The van der Waals surface area contributed by atoms with Gasteiger partial charge in [-0.1, -0.05) is 18.2 Å². The largest absolute Gasteiger partial charge is 0.302 e. The molecule has 2 rings (SSSR count). The molecule has 0 fully saturated rings. The van der Waals surface area contributed by atoms with Crippen molar-refractivity contribution in [3.05, 3.63) is 42.1 Å². The van der Waals surface area contributed by atoms with Gasteiger partial charge in [0.25, 0.3) is 0 Å². The van der Waals surface area contributed by atoms with E-state index in [9.17, 15) is 0 Å². The lowest BCUT2D eigenvalue weighted by Crippen LogP contribution is -2.21. The normalized spacial score (nSPS) is 13.1. The fraction of sp³-hybridized carbons (Fsp3) is 0.400. The molecule has 18 heavy (non-hydrogen) atoms. The van der Waals surface area contributed by atoms with E-state index in [0.717, 1.165) is 25.0 Å². The summed E-state index contributed by atoms with van der Waals surface area (Å²) in [6.07, 6.45) is 2.90. The Hall–Kier alpha value is -1.12. The SMILES string of the molecule is CC(Cl)CCN(C)Cc1ccnc2ccccc12. The average molecular weight is 263 g/mol. The zero-order valence-electron chi connectivity index (χ0n) is 10.9. The fourth-order valence-corrected chi connectivity index (χ4v) is 2.16. The number of rotatable bonds is 5. The number of alkyl halides is 1. The summed E-state index contributed by atoms with van der Waals surface area (Å²) in [6.45, 7) is 3.99. The molecule has 1 unspecified atom stereocenters. The summed E-state index contributed by atoms with van der Waals surface area (Å²) in [5, 5.41) is 1.48. The van der Waals surface area contributed by atoms with Crippen molar-refractivity contribution in [2.24, 2.45) is 0 Å². The summed E-state index contributed by atoms with van der Waals surface area (Å²) in [5.41, 5.74) is 2.39. The molecule has 2 nitrogen and oxygen atoms in total. The van der Waals surface area contributed by atoms with Gasteiger partial charge in [-0.25, -0.2) is 0 Å². The van der Waals surface area contributed by atoms with Gasteiger partial charge in [-0.15, -0.1) is 11.6 Å². The van der Waals surface area contributed by atoms with Crippen molar-refractivity contribution in [1.29, 1.82) is 0 Å². The maximum atomic E-state index is 5.98. The third-order valence-electron chi connectivity index (χ3n) is 3.09. The Morgan fingerprint density at radius 3 is 2.83 bits per heavy atom. The first-order chi connectivity index (χ1) is 8.66. The molecule has 0 bridgehead atoms. The topological polar surface area (TPSA) is 16.1 Å². The van der Waals surface area contributed by atoms with Crippen molar-refractivity contribution >= 4 is 22.5 Å². The molecule has 0 aliphatic carbocycles.